The molecule has 2 rings (SSSR count). The molecule has 5 nitrogen and oxygen atoms in total. The first-order chi connectivity index (χ1) is 12.7. The van der Waals surface area contributed by atoms with Crippen molar-refractivity contribution in [1.29, 1.82) is 0 Å². The molecule has 26 heavy (non-hydrogen) atoms. The second-order valence-corrected chi connectivity index (χ2v) is 6.99. The van der Waals surface area contributed by atoms with Crippen LogP contribution in [0.25, 0.3) is 0 Å². The van der Waals surface area contributed by atoms with Gasteiger partial charge in [-0.05, 0) is 56.3 Å². The van der Waals surface area contributed by atoms with E-state index >= 15 is 0 Å². The number of hydrogen-bond acceptors (Lipinski definition) is 4. The molecule has 1 aliphatic heterocycles. The zero-order chi connectivity index (χ0) is 18.8. The molecule has 1 N–H and O–H groups in total. The van der Waals surface area contributed by atoms with Gasteiger partial charge in [0, 0.05) is 25.6 Å². The van der Waals surface area contributed by atoms with Crippen molar-refractivity contribution in [3.05, 3.63) is 23.8 Å². The lowest BCUT2D eigenvalue weighted by Gasteiger charge is -2.35. The smallest absolute Gasteiger partial charge is 0.220 e. The molecule has 0 aromatic heterocycles. The minimum Gasteiger partial charge on any atom is -0.493 e. The number of carbonyl (C=O) groups excluding carboxylic acids is 1. The largest absolute Gasteiger partial charge is 0.493 e. The van der Waals surface area contributed by atoms with Gasteiger partial charge in [-0.1, -0.05) is 19.4 Å². The molecule has 1 aromatic carbocycles. The van der Waals surface area contributed by atoms with Gasteiger partial charge in [-0.15, -0.1) is 0 Å². The lowest BCUT2D eigenvalue weighted by atomic mass is 10.00. The second kappa shape index (κ2) is 11.1. The monoisotopic (exact) mass is 362 g/mol. The molecule has 1 saturated heterocycles. The minimum absolute atomic E-state index is 0.116. The first-order valence-corrected chi connectivity index (χ1v) is 9.89. The highest BCUT2D eigenvalue weighted by molar-refractivity contribution is 5.76. The summed E-state index contributed by atoms with van der Waals surface area (Å²) >= 11 is 0. The van der Waals surface area contributed by atoms with Gasteiger partial charge in [0.25, 0.3) is 0 Å². The molecule has 1 aromatic rings. The van der Waals surface area contributed by atoms with E-state index in [4.69, 9.17) is 9.47 Å². The average molecular weight is 363 g/mol. The number of benzene rings is 1. The fraction of sp³-hybridized carbons (Fsp3) is 0.667. The maximum absolute atomic E-state index is 12.1. The number of hydrogen-bond donors (Lipinski definition) is 1. The zero-order valence-electron chi connectivity index (χ0n) is 16.6. The Morgan fingerprint density at radius 1 is 1.23 bits per heavy atom. The molecular weight excluding hydrogens is 328 g/mol. The van der Waals surface area contributed by atoms with Crippen molar-refractivity contribution in [2.24, 2.45) is 0 Å². The average Bonchev–Trinajstić information content (AvgIpc) is 2.69. The van der Waals surface area contributed by atoms with Crippen molar-refractivity contribution in [3.63, 3.8) is 0 Å². The first kappa shape index (κ1) is 20.6. The van der Waals surface area contributed by atoms with Gasteiger partial charge in [0.1, 0.15) is 0 Å². The standard InChI is InChI=1S/C21H34N2O3/c1-4-18-8-5-6-14-23(18)15-7-13-22-21(24)12-10-17-9-11-19(25-2)20(16-17)26-3/h9,11,16,18H,4-8,10,12-15H2,1-3H3,(H,22,24). The van der Waals surface area contributed by atoms with Crippen LogP contribution in [0.15, 0.2) is 18.2 Å². The van der Waals surface area contributed by atoms with E-state index in [1.807, 2.05) is 18.2 Å². The summed E-state index contributed by atoms with van der Waals surface area (Å²) < 4.78 is 10.5. The maximum Gasteiger partial charge on any atom is 0.220 e. The summed E-state index contributed by atoms with van der Waals surface area (Å²) in [5, 5.41) is 3.05. The van der Waals surface area contributed by atoms with Crippen LogP contribution in [-0.4, -0.2) is 50.7 Å². The number of aryl methyl sites for hydroxylation is 1. The highest BCUT2D eigenvalue weighted by Crippen LogP contribution is 2.27. The molecule has 1 heterocycles. The molecule has 0 saturated carbocycles. The number of nitrogens with zero attached hydrogens (tertiary/aromatic N) is 1. The van der Waals surface area contributed by atoms with Crippen molar-refractivity contribution >= 4 is 5.91 Å². The van der Waals surface area contributed by atoms with Gasteiger partial charge in [-0.25, -0.2) is 0 Å². The van der Waals surface area contributed by atoms with Crippen molar-refractivity contribution in [2.75, 3.05) is 33.9 Å². The molecule has 0 bridgehead atoms. The predicted octanol–water partition coefficient (Wildman–Crippen LogP) is 3.41. The van der Waals surface area contributed by atoms with Crippen LogP contribution in [0.5, 0.6) is 11.5 Å². The Labute approximate surface area is 158 Å². The predicted molar refractivity (Wildman–Crippen MR) is 105 cm³/mol. The summed E-state index contributed by atoms with van der Waals surface area (Å²) in [6, 6.07) is 6.54. The third-order valence-electron chi connectivity index (χ3n) is 5.25. The number of methoxy groups -OCH3 is 2. The Balaban J connectivity index is 1.66. The highest BCUT2D eigenvalue weighted by atomic mass is 16.5. The van der Waals surface area contributed by atoms with E-state index in [0.717, 1.165) is 31.1 Å². The van der Waals surface area contributed by atoms with Gasteiger partial charge in [0.05, 0.1) is 14.2 Å². The third-order valence-corrected chi connectivity index (χ3v) is 5.25. The summed E-state index contributed by atoms with van der Waals surface area (Å²) in [5.74, 6) is 1.53. The summed E-state index contributed by atoms with van der Waals surface area (Å²) in [7, 11) is 3.25. The summed E-state index contributed by atoms with van der Waals surface area (Å²) in [4.78, 5) is 14.7. The normalized spacial score (nSPS) is 17.7. The number of ether oxygens (including phenoxy) is 2. The molecule has 1 atom stereocenters. The molecule has 1 fully saturated rings. The van der Waals surface area contributed by atoms with Crippen LogP contribution >= 0.6 is 0 Å². The van der Waals surface area contributed by atoms with Gasteiger partial charge < -0.3 is 19.7 Å². The fourth-order valence-electron chi connectivity index (χ4n) is 3.71. The highest BCUT2D eigenvalue weighted by Gasteiger charge is 2.19. The summed E-state index contributed by atoms with van der Waals surface area (Å²) in [5.41, 5.74) is 1.08. The van der Waals surface area contributed by atoms with Crippen LogP contribution in [-0.2, 0) is 11.2 Å². The number of carbonyl (C=O) groups is 1. The van der Waals surface area contributed by atoms with E-state index in [1.54, 1.807) is 14.2 Å². The van der Waals surface area contributed by atoms with Crippen LogP contribution in [0.3, 0.4) is 0 Å². The Morgan fingerprint density at radius 2 is 2.04 bits per heavy atom. The van der Waals surface area contributed by atoms with E-state index in [9.17, 15) is 4.79 Å². The number of nitrogens with one attached hydrogen (secondary N) is 1. The SMILES string of the molecule is CCC1CCCCN1CCCNC(=O)CCc1ccc(OC)c(OC)c1. The number of piperidine rings is 1. The summed E-state index contributed by atoms with van der Waals surface area (Å²) in [6.07, 6.45) is 7.47. The molecule has 5 heteroatoms. The van der Waals surface area contributed by atoms with Crippen molar-refractivity contribution in [2.45, 2.75) is 57.9 Å². The first-order valence-electron chi connectivity index (χ1n) is 9.89. The molecular formula is C21H34N2O3. The third kappa shape index (κ3) is 6.20. The zero-order valence-corrected chi connectivity index (χ0v) is 16.6. The van der Waals surface area contributed by atoms with E-state index < -0.39 is 0 Å². The molecule has 146 valence electrons. The summed E-state index contributed by atoms with van der Waals surface area (Å²) in [6.45, 7) is 5.34. The molecule has 0 spiro atoms. The Hall–Kier alpha value is -1.75. The minimum atomic E-state index is 0.116. The topological polar surface area (TPSA) is 50.8 Å². The fourth-order valence-corrected chi connectivity index (χ4v) is 3.71. The van der Waals surface area contributed by atoms with Crippen LogP contribution in [0.4, 0.5) is 0 Å². The van der Waals surface area contributed by atoms with Gasteiger partial charge in [0.15, 0.2) is 11.5 Å². The van der Waals surface area contributed by atoms with Crippen molar-refractivity contribution in [1.82, 2.24) is 10.2 Å². The van der Waals surface area contributed by atoms with E-state index in [-0.39, 0.29) is 5.91 Å². The van der Waals surface area contributed by atoms with Crippen LogP contribution in [0, 0.1) is 0 Å². The second-order valence-electron chi connectivity index (χ2n) is 6.99. The van der Waals surface area contributed by atoms with Gasteiger partial charge in [-0.2, -0.15) is 0 Å². The molecule has 1 unspecified atom stereocenters. The van der Waals surface area contributed by atoms with Gasteiger partial charge in [-0.3, -0.25) is 4.79 Å². The van der Waals surface area contributed by atoms with Gasteiger partial charge >= 0.3 is 0 Å². The number of rotatable bonds is 10. The maximum atomic E-state index is 12.1. The van der Waals surface area contributed by atoms with Crippen molar-refractivity contribution < 1.29 is 14.3 Å². The number of likely N-dealkylation sites (tertiary alicyclic amines) is 1. The Kier molecular flexibility index (Phi) is 8.75. The lowest BCUT2D eigenvalue weighted by Crippen LogP contribution is -2.40. The van der Waals surface area contributed by atoms with Crippen LogP contribution in [0.2, 0.25) is 0 Å². The van der Waals surface area contributed by atoms with Gasteiger partial charge in [0.2, 0.25) is 5.91 Å². The van der Waals surface area contributed by atoms with Crippen LogP contribution in [0.1, 0.15) is 51.0 Å². The molecule has 1 amide bonds. The van der Waals surface area contributed by atoms with Crippen molar-refractivity contribution in [3.8, 4) is 11.5 Å². The van der Waals surface area contributed by atoms with E-state index in [1.165, 1.54) is 32.2 Å². The molecule has 0 radical (unpaired) electrons. The Morgan fingerprint density at radius 3 is 2.77 bits per heavy atom. The van der Waals surface area contributed by atoms with Crippen LogP contribution < -0.4 is 14.8 Å². The van der Waals surface area contributed by atoms with E-state index in [0.29, 0.717) is 24.3 Å². The van der Waals surface area contributed by atoms with E-state index in [2.05, 4.69) is 17.1 Å². The lowest BCUT2D eigenvalue weighted by molar-refractivity contribution is -0.121. The quantitative estimate of drug-likeness (QED) is 0.648. The molecule has 1 aliphatic rings. The number of amides is 1. The molecule has 0 aliphatic carbocycles. The Bertz CT molecular complexity index is 562.